The molecular formula is C24H37N. The molecule has 1 aromatic heterocycles. The first-order chi connectivity index (χ1) is 12.1. The molecule has 138 valence electrons. The first-order valence-corrected chi connectivity index (χ1v) is 10.2. The lowest BCUT2D eigenvalue weighted by Crippen LogP contribution is -1.99. The van der Waals surface area contributed by atoms with Crippen molar-refractivity contribution < 1.29 is 0 Å². The Morgan fingerprint density at radius 3 is 1.92 bits per heavy atom. The van der Waals surface area contributed by atoms with Crippen molar-refractivity contribution in [3.63, 3.8) is 0 Å². The van der Waals surface area contributed by atoms with Gasteiger partial charge in [0, 0.05) is 11.1 Å². The summed E-state index contributed by atoms with van der Waals surface area (Å²) in [5.41, 5.74) is 8.64. The molecule has 1 heteroatoms. The molecule has 0 spiro atoms. The van der Waals surface area contributed by atoms with E-state index in [4.69, 9.17) is 4.98 Å². The van der Waals surface area contributed by atoms with Gasteiger partial charge in [-0.15, -0.1) is 0 Å². The van der Waals surface area contributed by atoms with Gasteiger partial charge >= 0.3 is 0 Å². The number of para-hydroxylation sites is 1. The molecule has 0 atom stereocenters. The van der Waals surface area contributed by atoms with E-state index in [0.717, 1.165) is 31.2 Å². The van der Waals surface area contributed by atoms with Gasteiger partial charge in [0.1, 0.15) is 0 Å². The van der Waals surface area contributed by atoms with Gasteiger partial charge in [-0.05, 0) is 48.4 Å². The van der Waals surface area contributed by atoms with Crippen molar-refractivity contribution in [2.45, 2.75) is 87.0 Å². The first-order valence-electron chi connectivity index (χ1n) is 10.2. The van der Waals surface area contributed by atoms with Gasteiger partial charge in [0.05, 0.1) is 5.52 Å². The molecule has 1 heterocycles. The number of rotatable bonds is 3. The largest absolute Gasteiger partial charge is 0.253 e. The second-order valence-electron chi connectivity index (χ2n) is 6.66. The van der Waals surface area contributed by atoms with Crippen LogP contribution in [0.5, 0.6) is 0 Å². The number of nitrogens with zero attached hydrogens (tertiary/aromatic N) is 1. The van der Waals surface area contributed by atoms with Crippen LogP contribution in [0.15, 0.2) is 29.8 Å². The molecule has 1 aliphatic rings. The minimum Gasteiger partial charge on any atom is -0.253 e. The summed E-state index contributed by atoms with van der Waals surface area (Å²) in [5, 5.41) is 1.34. The van der Waals surface area contributed by atoms with Crippen molar-refractivity contribution in [2.75, 3.05) is 0 Å². The van der Waals surface area contributed by atoms with Crippen molar-refractivity contribution in [3.05, 3.63) is 46.7 Å². The Kier molecular flexibility index (Phi) is 9.49. The number of hydrogen-bond donors (Lipinski definition) is 0. The third-order valence-corrected chi connectivity index (χ3v) is 4.31. The molecule has 1 aromatic carbocycles. The maximum Gasteiger partial charge on any atom is 0.0711 e. The average molecular weight is 340 g/mol. The smallest absolute Gasteiger partial charge is 0.0711 e. The highest BCUT2D eigenvalue weighted by Gasteiger charge is 2.24. The van der Waals surface area contributed by atoms with Crippen LogP contribution in [0, 0.1) is 0 Å². The topological polar surface area (TPSA) is 12.9 Å². The predicted molar refractivity (Wildman–Crippen MR) is 114 cm³/mol. The average Bonchev–Trinajstić information content (AvgIpc) is 3.01. The Morgan fingerprint density at radius 1 is 0.800 bits per heavy atom. The fraction of sp³-hybridized carbons (Fsp3) is 0.542. The number of allylic oxidation sites excluding steroid dienone is 2. The monoisotopic (exact) mass is 339 g/mol. The Labute approximate surface area is 155 Å². The van der Waals surface area contributed by atoms with Crippen LogP contribution in [0.4, 0.5) is 0 Å². The molecule has 1 aliphatic carbocycles. The zero-order valence-corrected chi connectivity index (χ0v) is 17.5. The summed E-state index contributed by atoms with van der Waals surface area (Å²) in [6.07, 6.45) is 6.94. The molecule has 25 heavy (non-hydrogen) atoms. The van der Waals surface area contributed by atoms with Crippen LogP contribution in [-0.2, 0) is 12.8 Å². The standard InChI is InChI=1S/C18H21N.2C3H8/c1-4-12-11-15-16(6-3)19-17-10-8-7-9-14(17)18(15)13(12)5-2;2*1-3-2/h7-10H,4-6,11H2,1-3H3;2*3H2,1-2H3. The summed E-state index contributed by atoms with van der Waals surface area (Å²) < 4.78 is 0. The van der Waals surface area contributed by atoms with Gasteiger partial charge in [-0.2, -0.15) is 0 Å². The second-order valence-corrected chi connectivity index (χ2v) is 6.66. The number of aromatic nitrogens is 1. The molecule has 1 nitrogen and oxygen atoms in total. The summed E-state index contributed by atoms with van der Waals surface area (Å²) in [5.74, 6) is 0. The number of benzene rings is 1. The van der Waals surface area contributed by atoms with E-state index in [1.165, 1.54) is 35.0 Å². The Hall–Kier alpha value is -1.63. The Morgan fingerprint density at radius 2 is 1.40 bits per heavy atom. The number of aryl methyl sites for hydroxylation is 1. The lowest BCUT2D eigenvalue weighted by Gasteiger charge is -2.12. The molecule has 0 aliphatic heterocycles. The van der Waals surface area contributed by atoms with Crippen LogP contribution >= 0.6 is 0 Å². The fourth-order valence-corrected chi connectivity index (χ4v) is 3.39. The maximum atomic E-state index is 4.88. The third-order valence-electron chi connectivity index (χ3n) is 4.31. The first kappa shape index (κ1) is 21.4. The van der Waals surface area contributed by atoms with Gasteiger partial charge in [-0.1, -0.05) is 85.1 Å². The van der Waals surface area contributed by atoms with E-state index < -0.39 is 0 Å². The Balaban J connectivity index is 0.000000460. The van der Waals surface area contributed by atoms with Gasteiger partial charge in [0.25, 0.3) is 0 Å². The molecule has 0 radical (unpaired) electrons. The fourth-order valence-electron chi connectivity index (χ4n) is 3.39. The van der Waals surface area contributed by atoms with Crippen LogP contribution in [0.1, 0.15) is 91.0 Å². The third kappa shape index (κ3) is 4.93. The highest BCUT2D eigenvalue weighted by atomic mass is 14.7. The van der Waals surface area contributed by atoms with Crippen LogP contribution in [0.3, 0.4) is 0 Å². The Bertz CT molecular complexity index is 693. The molecule has 0 N–H and O–H groups in total. The van der Waals surface area contributed by atoms with Crippen molar-refractivity contribution >= 4 is 16.5 Å². The second kappa shape index (κ2) is 11.1. The molecule has 0 saturated heterocycles. The van der Waals surface area contributed by atoms with Crippen molar-refractivity contribution in [3.8, 4) is 0 Å². The molecule has 2 aromatic rings. The van der Waals surface area contributed by atoms with E-state index >= 15 is 0 Å². The summed E-state index contributed by atoms with van der Waals surface area (Å²) in [6, 6.07) is 8.60. The highest BCUT2D eigenvalue weighted by molar-refractivity contribution is 5.96. The quantitative estimate of drug-likeness (QED) is 0.556. The number of fused-ring (bicyclic) bond motifs is 3. The SMILES string of the molecule is CCC.CCC.CCC1=C(CC)c2c(c(CC)nc3ccccc23)C1. The summed E-state index contributed by atoms with van der Waals surface area (Å²) >= 11 is 0. The molecule has 0 fully saturated rings. The van der Waals surface area contributed by atoms with Crippen LogP contribution in [0.25, 0.3) is 16.5 Å². The van der Waals surface area contributed by atoms with Gasteiger partial charge in [0.15, 0.2) is 0 Å². The minimum absolute atomic E-state index is 1.03. The van der Waals surface area contributed by atoms with E-state index in [-0.39, 0.29) is 0 Å². The van der Waals surface area contributed by atoms with Crippen LogP contribution in [0.2, 0.25) is 0 Å². The molecule has 0 unspecified atom stereocenters. The zero-order valence-electron chi connectivity index (χ0n) is 17.5. The predicted octanol–water partition coefficient (Wildman–Crippen LogP) is 7.76. The lowest BCUT2D eigenvalue weighted by molar-refractivity contribution is 0.969. The number of hydrogen-bond acceptors (Lipinski definition) is 1. The maximum absolute atomic E-state index is 4.88. The van der Waals surface area contributed by atoms with Crippen LogP contribution in [-0.4, -0.2) is 4.98 Å². The van der Waals surface area contributed by atoms with E-state index in [2.05, 4.69) is 72.7 Å². The summed E-state index contributed by atoms with van der Waals surface area (Å²) in [7, 11) is 0. The lowest BCUT2D eigenvalue weighted by atomic mass is 9.96. The van der Waals surface area contributed by atoms with E-state index in [0.29, 0.717) is 0 Å². The highest BCUT2D eigenvalue weighted by Crippen LogP contribution is 2.41. The van der Waals surface area contributed by atoms with Crippen molar-refractivity contribution in [2.24, 2.45) is 0 Å². The van der Waals surface area contributed by atoms with Crippen LogP contribution < -0.4 is 0 Å². The summed E-state index contributed by atoms with van der Waals surface area (Å²) in [4.78, 5) is 4.88. The van der Waals surface area contributed by atoms with Gasteiger partial charge in [-0.3, -0.25) is 4.98 Å². The van der Waals surface area contributed by atoms with E-state index in [1.807, 2.05) is 0 Å². The minimum atomic E-state index is 1.03. The van der Waals surface area contributed by atoms with Gasteiger partial charge < -0.3 is 0 Å². The zero-order chi connectivity index (χ0) is 18.8. The van der Waals surface area contributed by atoms with Gasteiger partial charge in [-0.25, -0.2) is 0 Å². The summed E-state index contributed by atoms with van der Waals surface area (Å²) in [6.45, 7) is 15.3. The van der Waals surface area contributed by atoms with Crippen molar-refractivity contribution in [1.82, 2.24) is 4.98 Å². The van der Waals surface area contributed by atoms with Crippen molar-refractivity contribution in [1.29, 1.82) is 0 Å². The normalized spacial score (nSPS) is 12.3. The molecule has 3 rings (SSSR count). The molecule has 0 saturated carbocycles. The van der Waals surface area contributed by atoms with E-state index in [9.17, 15) is 0 Å². The van der Waals surface area contributed by atoms with Gasteiger partial charge in [0.2, 0.25) is 0 Å². The van der Waals surface area contributed by atoms with E-state index in [1.54, 1.807) is 11.1 Å². The molecular weight excluding hydrogens is 302 g/mol. The number of pyridine rings is 1. The molecule has 0 bridgehead atoms. The molecule has 0 amide bonds.